The molecule has 1 heterocycles. The van der Waals surface area contributed by atoms with Crippen molar-refractivity contribution in [1.82, 2.24) is 20.9 Å². The van der Waals surface area contributed by atoms with E-state index in [1.165, 1.54) is 4.88 Å². The first kappa shape index (κ1) is 22.4. The Hall–Kier alpha value is -1.68. The normalized spacial score (nSPS) is 10.8. The van der Waals surface area contributed by atoms with Gasteiger partial charge in [-0.3, -0.25) is 4.79 Å². The summed E-state index contributed by atoms with van der Waals surface area (Å²) in [4.78, 5) is 22.2. The molecule has 1 aromatic heterocycles. The van der Waals surface area contributed by atoms with Crippen LogP contribution in [0, 0.1) is 13.8 Å². The van der Waals surface area contributed by atoms with Crippen molar-refractivity contribution < 1.29 is 4.79 Å². The maximum absolute atomic E-state index is 12.0. The van der Waals surface area contributed by atoms with Crippen LogP contribution in [-0.2, 0) is 6.54 Å². The second kappa shape index (κ2) is 11.8. The van der Waals surface area contributed by atoms with Crippen LogP contribution >= 0.6 is 35.3 Å². The highest BCUT2D eigenvalue weighted by Gasteiger charge is 2.06. The molecule has 0 aliphatic rings. The first-order chi connectivity index (χ1) is 12.1. The topological polar surface area (TPSA) is 78.4 Å². The second-order valence-corrected chi connectivity index (χ2v) is 6.77. The number of nitrogens with zero attached hydrogens (tertiary/aromatic N) is 2. The lowest BCUT2D eigenvalue weighted by atomic mass is 10.2. The van der Waals surface area contributed by atoms with Crippen LogP contribution in [0.1, 0.15) is 32.9 Å². The van der Waals surface area contributed by atoms with Gasteiger partial charge in [-0.1, -0.05) is 18.2 Å². The predicted octanol–water partition coefficient (Wildman–Crippen LogP) is 2.86. The van der Waals surface area contributed by atoms with E-state index in [1.807, 2.05) is 39.0 Å². The average Bonchev–Trinajstić information content (AvgIpc) is 2.94. The number of hydrogen-bond donors (Lipinski definition) is 3. The number of halogens is 1. The molecule has 142 valence electrons. The summed E-state index contributed by atoms with van der Waals surface area (Å²) >= 11 is 1.67. The number of aryl methyl sites for hydroxylation is 2. The van der Waals surface area contributed by atoms with E-state index < -0.39 is 0 Å². The van der Waals surface area contributed by atoms with Gasteiger partial charge in [0.25, 0.3) is 5.91 Å². The Bertz CT molecular complexity index is 718. The number of guanidine groups is 1. The molecule has 0 bridgehead atoms. The molecule has 3 N–H and O–H groups in total. The minimum Gasteiger partial charge on any atom is -0.357 e. The summed E-state index contributed by atoms with van der Waals surface area (Å²) in [5, 5.41) is 10.4. The molecule has 0 aliphatic heterocycles. The van der Waals surface area contributed by atoms with Crippen LogP contribution < -0.4 is 16.0 Å². The summed E-state index contributed by atoms with van der Waals surface area (Å²) in [5.74, 6) is 0.669. The first-order valence-corrected chi connectivity index (χ1v) is 9.20. The van der Waals surface area contributed by atoms with Crippen LogP contribution in [0.4, 0.5) is 0 Å². The van der Waals surface area contributed by atoms with Gasteiger partial charge in [-0.25, -0.2) is 9.98 Å². The lowest BCUT2D eigenvalue weighted by Gasteiger charge is -2.11. The van der Waals surface area contributed by atoms with Gasteiger partial charge in [0.2, 0.25) is 0 Å². The highest BCUT2D eigenvalue weighted by atomic mass is 127. The lowest BCUT2D eigenvalue weighted by molar-refractivity contribution is 0.0954. The van der Waals surface area contributed by atoms with E-state index in [4.69, 9.17) is 0 Å². The van der Waals surface area contributed by atoms with E-state index in [0.29, 0.717) is 25.2 Å². The monoisotopic (exact) mass is 487 g/mol. The summed E-state index contributed by atoms with van der Waals surface area (Å²) in [6.45, 7) is 8.54. The predicted molar refractivity (Wildman–Crippen MR) is 119 cm³/mol. The second-order valence-electron chi connectivity index (χ2n) is 5.49. The van der Waals surface area contributed by atoms with Crippen molar-refractivity contribution in [2.24, 2.45) is 4.99 Å². The number of nitrogens with one attached hydrogen (secondary N) is 3. The van der Waals surface area contributed by atoms with Crippen LogP contribution in [0.2, 0.25) is 0 Å². The number of aliphatic imine (C=N–C) groups is 1. The number of carbonyl (C=O) groups excluding carboxylic acids is 1. The summed E-state index contributed by atoms with van der Waals surface area (Å²) in [6.07, 6.45) is 0. The standard InChI is InChI=1S/C18H25N5OS.HI/c1-4-19-18(22-12-16-13(2)23-14(3)25-16)21-11-10-20-17(24)15-8-6-5-7-9-15;/h5-9H,4,10-12H2,1-3H3,(H,20,24)(H2,19,21,22);1H. The molecule has 2 rings (SSSR count). The summed E-state index contributed by atoms with van der Waals surface area (Å²) in [7, 11) is 0. The molecular formula is C18H26IN5OS. The summed E-state index contributed by atoms with van der Waals surface area (Å²) < 4.78 is 0. The number of amides is 1. The summed E-state index contributed by atoms with van der Waals surface area (Å²) in [5.41, 5.74) is 1.70. The van der Waals surface area contributed by atoms with E-state index in [2.05, 4.69) is 25.9 Å². The maximum atomic E-state index is 12.0. The molecule has 0 spiro atoms. The van der Waals surface area contributed by atoms with Crippen LogP contribution in [0.3, 0.4) is 0 Å². The number of benzene rings is 1. The molecule has 0 atom stereocenters. The molecule has 0 fully saturated rings. The molecule has 0 saturated carbocycles. The SMILES string of the molecule is CCNC(=NCc1sc(C)nc1C)NCCNC(=O)c1ccccc1.I. The fraction of sp³-hybridized carbons (Fsp3) is 0.389. The molecule has 6 nitrogen and oxygen atoms in total. The zero-order chi connectivity index (χ0) is 18.1. The molecule has 0 aliphatic carbocycles. The smallest absolute Gasteiger partial charge is 0.251 e. The van der Waals surface area contributed by atoms with Crippen LogP contribution in [-0.4, -0.2) is 36.5 Å². The Balaban J connectivity index is 0.00000338. The maximum Gasteiger partial charge on any atom is 0.251 e. The highest BCUT2D eigenvalue weighted by molar-refractivity contribution is 14.0. The quantitative estimate of drug-likeness (QED) is 0.243. The van der Waals surface area contributed by atoms with Gasteiger partial charge in [0.1, 0.15) is 0 Å². The number of thiazole rings is 1. The highest BCUT2D eigenvalue weighted by Crippen LogP contribution is 2.17. The van der Waals surface area contributed by atoms with Crippen LogP contribution in [0.25, 0.3) is 0 Å². The number of rotatable bonds is 7. The summed E-state index contributed by atoms with van der Waals surface area (Å²) in [6, 6.07) is 9.20. The van der Waals surface area contributed by atoms with Gasteiger partial charge >= 0.3 is 0 Å². The van der Waals surface area contributed by atoms with E-state index in [1.54, 1.807) is 23.5 Å². The van der Waals surface area contributed by atoms with Gasteiger partial charge in [0.05, 0.1) is 17.2 Å². The van der Waals surface area contributed by atoms with Crippen molar-refractivity contribution in [1.29, 1.82) is 0 Å². The largest absolute Gasteiger partial charge is 0.357 e. The minimum atomic E-state index is -0.0694. The van der Waals surface area contributed by atoms with Crippen molar-refractivity contribution in [2.75, 3.05) is 19.6 Å². The average molecular weight is 487 g/mol. The van der Waals surface area contributed by atoms with Gasteiger partial charge in [-0.2, -0.15) is 0 Å². The molecular weight excluding hydrogens is 461 g/mol. The van der Waals surface area contributed by atoms with Crippen molar-refractivity contribution in [3.63, 3.8) is 0 Å². The Morgan fingerprint density at radius 1 is 1.12 bits per heavy atom. The third-order valence-corrected chi connectivity index (χ3v) is 4.52. The van der Waals surface area contributed by atoms with Crippen LogP contribution in [0.5, 0.6) is 0 Å². The first-order valence-electron chi connectivity index (χ1n) is 8.38. The molecule has 8 heteroatoms. The number of carbonyl (C=O) groups is 1. The van der Waals surface area contributed by atoms with E-state index in [9.17, 15) is 4.79 Å². The zero-order valence-corrected chi connectivity index (χ0v) is 18.5. The molecule has 0 radical (unpaired) electrons. The third-order valence-electron chi connectivity index (χ3n) is 3.46. The third kappa shape index (κ3) is 7.28. The molecule has 26 heavy (non-hydrogen) atoms. The fourth-order valence-electron chi connectivity index (χ4n) is 2.26. The van der Waals surface area contributed by atoms with E-state index >= 15 is 0 Å². The van der Waals surface area contributed by atoms with Gasteiger partial charge in [0.15, 0.2) is 5.96 Å². The lowest BCUT2D eigenvalue weighted by Crippen LogP contribution is -2.41. The Kier molecular flexibility index (Phi) is 10.2. The van der Waals surface area contributed by atoms with E-state index in [-0.39, 0.29) is 29.9 Å². The van der Waals surface area contributed by atoms with Gasteiger partial charge < -0.3 is 16.0 Å². The van der Waals surface area contributed by atoms with E-state index in [0.717, 1.165) is 23.2 Å². The van der Waals surface area contributed by atoms with Crippen molar-refractivity contribution in [3.05, 3.63) is 51.5 Å². The van der Waals surface area contributed by atoms with Gasteiger partial charge in [-0.05, 0) is 32.9 Å². The molecule has 2 aromatic rings. The van der Waals surface area contributed by atoms with Crippen molar-refractivity contribution >= 4 is 47.2 Å². The van der Waals surface area contributed by atoms with Crippen molar-refractivity contribution in [3.8, 4) is 0 Å². The fourth-order valence-corrected chi connectivity index (χ4v) is 3.12. The van der Waals surface area contributed by atoms with Gasteiger partial charge in [-0.15, -0.1) is 35.3 Å². The Morgan fingerprint density at radius 2 is 1.81 bits per heavy atom. The Morgan fingerprint density at radius 3 is 2.42 bits per heavy atom. The zero-order valence-electron chi connectivity index (χ0n) is 15.3. The van der Waals surface area contributed by atoms with Crippen molar-refractivity contribution in [2.45, 2.75) is 27.3 Å². The van der Waals surface area contributed by atoms with Gasteiger partial charge in [0, 0.05) is 30.1 Å². The number of aromatic nitrogens is 1. The molecule has 1 amide bonds. The molecule has 0 saturated heterocycles. The van der Waals surface area contributed by atoms with Crippen LogP contribution in [0.15, 0.2) is 35.3 Å². The molecule has 0 unspecified atom stereocenters. The Labute approximate surface area is 175 Å². The number of hydrogen-bond acceptors (Lipinski definition) is 4. The minimum absolute atomic E-state index is 0. The molecule has 1 aromatic carbocycles.